The molecule has 0 unspecified atom stereocenters. The number of fused-ring (bicyclic) bond motifs is 1. The number of pyridine rings is 1. The summed E-state index contributed by atoms with van der Waals surface area (Å²) in [6, 6.07) is 6.84. The molecule has 0 aliphatic carbocycles. The van der Waals surface area contributed by atoms with Crippen molar-refractivity contribution in [3.8, 4) is 5.69 Å². The molecule has 140 valence electrons. The summed E-state index contributed by atoms with van der Waals surface area (Å²) in [5, 5.41) is 8.63. The molecule has 1 aromatic carbocycles. The van der Waals surface area contributed by atoms with Crippen LogP contribution in [0.15, 0.2) is 36.7 Å². The van der Waals surface area contributed by atoms with Crippen LogP contribution < -0.4 is 15.1 Å². The van der Waals surface area contributed by atoms with E-state index in [1.165, 1.54) is 10.7 Å². The fourth-order valence-corrected chi connectivity index (χ4v) is 3.63. The Labute approximate surface area is 155 Å². The minimum atomic E-state index is -0.807. The van der Waals surface area contributed by atoms with Crippen LogP contribution in [0.4, 0.5) is 20.2 Å². The van der Waals surface area contributed by atoms with Crippen LogP contribution in [0.1, 0.15) is 0 Å². The predicted octanol–water partition coefficient (Wildman–Crippen LogP) is 2.13. The average Bonchev–Trinajstić information content (AvgIpc) is 3.10. The quantitative estimate of drug-likeness (QED) is 0.766. The third kappa shape index (κ3) is 2.99. The molecule has 5 rings (SSSR count). The Hall–Kier alpha value is -2.74. The van der Waals surface area contributed by atoms with Gasteiger partial charge in [-0.3, -0.25) is 0 Å². The Morgan fingerprint density at radius 1 is 1.04 bits per heavy atom. The fraction of sp³-hybridized carbons (Fsp3) is 0.368. The molecule has 2 aliphatic heterocycles. The number of alkyl halides is 1. The van der Waals surface area contributed by atoms with Crippen molar-refractivity contribution in [1.29, 1.82) is 0 Å². The van der Waals surface area contributed by atoms with Crippen molar-refractivity contribution < 1.29 is 8.78 Å². The van der Waals surface area contributed by atoms with E-state index in [4.69, 9.17) is 0 Å². The molecule has 0 saturated carbocycles. The van der Waals surface area contributed by atoms with Crippen LogP contribution in [-0.2, 0) is 0 Å². The molecule has 1 N–H and O–H groups in total. The minimum Gasteiger partial charge on any atom is -0.368 e. The van der Waals surface area contributed by atoms with Gasteiger partial charge < -0.3 is 15.1 Å². The number of halogens is 2. The van der Waals surface area contributed by atoms with Crippen molar-refractivity contribution >= 4 is 22.4 Å². The Morgan fingerprint density at radius 3 is 2.63 bits per heavy atom. The number of nitrogens with one attached hydrogen (secondary N) is 1. The van der Waals surface area contributed by atoms with E-state index >= 15 is 0 Å². The summed E-state index contributed by atoms with van der Waals surface area (Å²) in [4.78, 5) is 8.61. The van der Waals surface area contributed by atoms with Gasteiger partial charge in [0.15, 0.2) is 5.65 Å². The van der Waals surface area contributed by atoms with E-state index in [2.05, 4.69) is 20.3 Å². The first kappa shape index (κ1) is 16.4. The summed E-state index contributed by atoms with van der Waals surface area (Å²) in [7, 11) is 0. The first-order valence-corrected chi connectivity index (χ1v) is 9.17. The minimum absolute atomic E-state index is 0.344. The van der Waals surface area contributed by atoms with Crippen molar-refractivity contribution in [1.82, 2.24) is 20.1 Å². The normalized spacial score (nSPS) is 18.1. The van der Waals surface area contributed by atoms with Gasteiger partial charge in [-0.25, -0.2) is 18.4 Å². The Kier molecular flexibility index (Phi) is 3.93. The molecule has 2 aliphatic rings. The van der Waals surface area contributed by atoms with E-state index in [1.54, 1.807) is 18.3 Å². The zero-order valence-electron chi connectivity index (χ0n) is 14.8. The molecule has 0 atom stereocenters. The van der Waals surface area contributed by atoms with E-state index in [1.807, 2.05) is 17.2 Å². The van der Waals surface area contributed by atoms with Crippen LogP contribution in [0, 0.1) is 5.82 Å². The number of hydrogen-bond acceptors (Lipinski definition) is 5. The van der Waals surface area contributed by atoms with Gasteiger partial charge in [0, 0.05) is 43.4 Å². The molecule has 27 heavy (non-hydrogen) atoms. The van der Waals surface area contributed by atoms with Crippen LogP contribution in [0.2, 0.25) is 0 Å². The van der Waals surface area contributed by atoms with Crippen LogP contribution in [-0.4, -0.2) is 60.2 Å². The first-order valence-electron chi connectivity index (χ1n) is 9.17. The number of rotatable bonds is 3. The summed E-state index contributed by atoms with van der Waals surface area (Å²) >= 11 is 0. The summed E-state index contributed by atoms with van der Waals surface area (Å²) in [5.41, 5.74) is 2.77. The van der Waals surface area contributed by atoms with Crippen molar-refractivity contribution in [2.24, 2.45) is 0 Å². The molecule has 3 aromatic rings. The van der Waals surface area contributed by atoms with E-state index in [-0.39, 0.29) is 5.82 Å². The highest BCUT2D eigenvalue weighted by molar-refractivity contribution is 5.78. The third-order valence-electron chi connectivity index (χ3n) is 5.21. The van der Waals surface area contributed by atoms with Gasteiger partial charge in [0.25, 0.3) is 0 Å². The van der Waals surface area contributed by atoms with Crippen LogP contribution in [0.3, 0.4) is 0 Å². The van der Waals surface area contributed by atoms with Gasteiger partial charge in [-0.1, -0.05) is 0 Å². The second-order valence-corrected chi connectivity index (χ2v) is 7.06. The second-order valence-electron chi connectivity index (χ2n) is 7.06. The van der Waals surface area contributed by atoms with Crippen molar-refractivity contribution in [3.05, 3.63) is 42.5 Å². The predicted molar refractivity (Wildman–Crippen MR) is 101 cm³/mol. The summed E-state index contributed by atoms with van der Waals surface area (Å²) < 4.78 is 29.1. The zero-order valence-corrected chi connectivity index (χ0v) is 14.8. The van der Waals surface area contributed by atoms with Gasteiger partial charge in [-0.05, 0) is 24.3 Å². The molecule has 0 spiro atoms. The molecular weight excluding hydrogens is 350 g/mol. The highest BCUT2D eigenvalue weighted by Crippen LogP contribution is 2.27. The molecule has 0 bridgehead atoms. The van der Waals surface area contributed by atoms with Gasteiger partial charge >= 0.3 is 0 Å². The number of aromatic nitrogens is 3. The maximum atomic E-state index is 14.4. The Bertz CT molecular complexity index is 975. The van der Waals surface area contributed by atoms with Crippen LogP contribution in [0.5, 0.6) is 0 Å². The highest BCUT2D eigenvalue weighted by atomic mass is 19.1. The van der Waals surface area contributed by atoms with E-state index < -0.39 is 6.17 Å². The highest BCUT2D eigenvalue weighted by Gasteiger charge is 2.27. The largest absolute Gasteiger partial charge is 0.368 e. The van der Waals surface area contributed by atoms with E-state index in [9.17, 15) is 8.78 Å². The summed E-state index contributed by atoms with van der Waals surface area (Å²) in [6.45, 7) is 4.47. The lowest BCUT2D eigenvalue weighted by Gasteiger charge is -2.36. The van der Waals surface area contributed by atoms with E-state index in [0.29, 0.717) is 24.4 Å². The molecule has 4 heterocycles. The second kappa shape index (κ2) is 6.45. The lowest BCUT2D eigenvalue weighted by Crippen LogP contribution is -2.48. The molecule has 2 aromatic heterocycles. The number of piperazine rings is 1. The summed E-state index contributed by atoms with van der Waals surface area (Å²) in [5.74, 6) is -0.369. The monoisotopic (exact) mass is 370 g/mol. The van der Waals surface area contributed by atoms with E-state index in [0.717, 1.165) is 42.9 Å². The molecule has 8 heteroatoms. The van der Waals surface area contributed by atoms with Crippen molar-refractivity contribution in [3.63, 3.8) is 0 Å². The zero-order chi connectivity index (χ0) is 18.4. The van der Waals surface area contributed by atoms with Gasteiger partial charge in [0.05, 0.1) is 25.0 Å². The molecule has 0 radical (unpaired) electrons. The number of anilines is 2. The van der Waals surface area contributed by atoms with Gasteiger partial charge in [-0.15, -0.1) is 5.10 Å². The number of hydrogen-bond donors (Lipinski definition) is 1. The van der Waals surface area contributed by atoms with Crippen LogP contribution in [0.25, 0.3) is 16.7 Å². The van der Waals surface area contributed by atoms with Gasteiger partial charge in [-0.2, -0.15) is 0 Å². The molecule has 2 fully saturated rings. The van der Waals surface area contributed by atoms with Gasteiger partial charge in [0.1, 0.15) is 17.7 Å². The number of benzene rings is 1. The molecular formula is C19H20F2N6. The SMILES string of the molecule is Fc1ccc(N2CC(F)C2)cc1-n1cc2cc(N3CCNCC3)cnc2n1. The van der Waals surface area contributed by atoms with Crippen LogP contribution >= 0.6 is 0 Å². The standard InChI is InChI=1S/C19H20F2N6/c20-14-11-26(12-14)15-1-2-17(21)18(8-15)27-10-13-7-16(9-23-19(13)24-27)25-5-3-22-4-6-25/h1-2,7-10,14,22H,3-6,11-12H2. The lowest BCUT2D eigenvalue weighted by molar-refractivity contribution is 0.275. The van der Waals surface area contributed by atoms with Gasteiger partial charge in [0.2, 0.25) is 0 Å². The maximum absolute atomic E-state index is 14.4. The lowest BCUT2D eigenvalue weighted by atomic mass is 10.1. The fourth-order valence-electron chi connectivity index (χ4n) is 3.63. The third-order valence-corrected chi connectivity index (χ3v) is 5.21. The molecule has 2 saturated heterocycles. The van der Waals surface area contributed by atoms with Crippen molar-refractivity contribution in [2.75, 3.05) is 49.1 Å². The maximum Gasteiger partial charge on any atom is 0.181 e. The Morgan fingerprint density at radius 2 is 1.85 bits per heavy atom. The number of nitrogens with zero attached hydrogens (tertiary/aromatic N) is 5. The average molecular weight is 370 g/mol. The molecule has 0 amide bonds. The first-order chi connectivity index (χ1) is 13.2. The topological polar surface area (TPSA) is 49.2 Å². The van der Waals surface area contributed by atoms with Crippen molar-refractivity contribution in [2.45, 2.75) is 6.17 Å². The summed E-state index contributed by atoms with van der Waals surface area (Å²) in [6.07, 6.45) is 2.81. The molecule has 6 nitrogen and oxygen atoms in total. The smallest absolute Gasteiger partial charge is 0.181 e. The Balaban J connectivity index is 1.48.